The van der Waals surface area contributed by atoms with E-state index in [-0.39, 0.29) is 0 Å². The quantitative estimate of drug-likeness (QED) is 0.870. The Morgan fingerprint density at radius 1 is 1.44 bits per heavy atom. The van der Waals surface area contributed by atoms with Crippen molar-refractivity contribution in [3.63, 3.8) is 0 Å². The Balaban J connectivity index is 2.15. The van der Waals surface area contributed by atoms with Crippen LogP contribution in [0.25, 0.3) is 0 Å². The van der Waals surface area contributed by atoms with E-state index in [1.54, 1.807) is 0 Å². The topological polar surface area (TPSA) is 34.2 Å². The van der Waals surface area contributed by atoms with Crippen LogP contribution < -0.4 is 5.32 Å². The number of rotatable bonds is 5. The minimum atomic E-state index is 0.455. The van der Waals surface area contributed by atoms with E-state index in [2.05, 4.69) is 30.2 Å². The zero-order chi connectivity index (χ0) is 12.8. The molecule has 0 spiro atoms. The predicted octanol–water partition coefficient (Wildman–Crippen LogP) is 2.86. The van der Waals surface area contributed by atoms with E-state index in [0.717, 1.165) is 32.6 Å². The van der Waals surface area contributed by atoms with E-state index < -0.39 is 0 Å². The third-order valence-electron chi connectivity index (χ3n) is 3.75. The van der Waals surface area contributed by atoms with Gasteiger partial charge in [-0.25, -0.2) is 0 Å². The lowest BCUT2D eigenvalue weighted by molar-refractivity contribution is 0.0535. The largest absolute Gasteiger partial charge is 0.381 e. The summed E-state index contributed by atoms with van der Waals surface area (Å²) in [5, 5.41) is 3.71. The molecule has 2 rings (SSSR count). The molecule has 1 aliphatic heterocycles. The van der Waals surface area contributed by atoms with Crippen LogP contribution in [-0.2, 0) is 4.74 Å². The van der Waals surface area contributed by atoms with Crippen molar-refractivity contribution in [3.8, 4) is 0 Å². The SMILES string of the molecule is CCCNC(c1ccncc1C)C1CCOCC1. The van der Waals surface area contributed by atoms with Crippen LogP contribution in [0.15, 0.2) is 18.5 Å². The zero-order valence-corrected chi connectivity index (χ0v) is 11.5. The summed E-state index contributed by atoms with van der Waals surface area (Å²) in [7, 11) is 0. The number of ether oxygens (including phenoxy) is 1. The minimum absolute atomic E-state index is 0.455. The average Bonchev–Trinajstić information content (AvgIpc) is 2.42. The van der Waals surface area contributed by atoms with E-state index >= 15 is 0 Å². The van der Waals surface area contributed by atoms with E-state index in [1.165, 1.54) is 17.5 Å². The molecule has 0 amide bonds. The maximum Gasteiger partial charge on any atom is 0.0469 e. The summed E-state index contributed by atoms with van der Waals surface area (Å²) in [5.41, 5.74) is 2.70. The maximum absolute atomic E-state index is 5.48. The molecule has 0 saturated carbocycles. The Kier molecular flexibility index (Phi) is 5.14. The first-order valence-corrected chi connectivity index (χ1v) is 7.04. The summed E-state index contributed by atoms with van der Waals surface area (Å²) >= 11 is 0. The first kappa shape index (κ1) is 13.5. The van der Waals surface area contributed by atoms with E-state index in [1.807, 2.05) is 12.4 Å². The number of nitrogens with zero attached hydrogens (tertiary/aromatic N) is 1. The van der Waals surface area contributed by atoms with E-state index in [0.29, 0.717) is 12.0 Å². The van der Waals surface area contributed by atoms with Gasteiger partial charge in [0.05, 0.1) is 0 Å². The summed E-state index contributed by atoms with van der Waals surface area (Å²) in [4.78, 5) is 4.20. The summed E-state index contributed by atoms with van der Waals surface area (Å²) in [6.07, 6.45) is 7.35. The predicted molar refractivity (Wildman–Crippen MR) is 73.6 cm³/mol. The maximum atomic E-state index is 5.48. The second-order valence-electron chi connectivity index (χ2n) is 5.11. The highest BCUT2D eigenvalue weighted by atomic mass is 16.5. The van der Waals surface area contributed by atoms with Crippen molar-refractivity contribution < 1.29 is 4.74 Å². The molecule has 0 aliphatic carbocycles. The molecular weight excluding hydrogens is 224 g/mol. The van der Waals surface area contributed by atoms with Crippen molar-refractivity contribution in [3.05, 3.63) is 29.6 Å². The molecule has 3 nitrogen and oxygen atoms in total. The van der Waals surface area contributed by atoms with Gasteiger partial charge >= 0.3 is 0 Å². The Hall–Kier alpha value is -0.930. The molecule has 3 heteroatoms. The first-order chi connectivity index (χ1) is 8.83. The lowest BCUT2D eigenvalue weighted by Gasteiger charge is -2.32. The number of hydrogen-bond donors (Lipinski definition) is 1. The van der Waals surface area contributed by atoms with Gasteiger partial charge in [-0.2, -0.15) is 0 Å². The lowest BCUT2D eigenvalue weighted by Crippen LogP contribution is -2.33. The molecule has 0 bridgehead atoms. The van der Waals surface area contributed by atoms with Gasteiger partial charge in [0.2, 0.25) is 0 Å². The monoisotopic (exact) mass is 248 g/mol. The molecule has 1 fully saturated rings. The van der Waals surface area contributed by atoms with Crippen LogP contribution in [-0.4, -0.2) is 24.7 Å². The van der Waals surface area contributed by atoms with Gasteiger partial charge in [0.1, 0.15) is 0 Å². The van der Waals surface area contributed by atoms with Crippen molar-refractivity contribution in [1.82, 2.24) is 10.3 Å². The fraction of sp³-hybridized carbons (Fsp3) is 0.667. The van der Waals surface area contributed by atoms with Crippen molar-refractivity contribution in [2.45, 2.75) is 39.2 Å². The number of aryl methyl sites for hydroxylation is 1. The highest BCUT2D eigenvalue weighted by Crippen LogP contribution is 2.31. The van der Waals surface area contributed by atoms with Crippen LogP contribution in [0.3, 0.4) is 0 Å². The average molecular weight is 248 g/mol. The van der Waals surface area contributed by atoms with Gasteiger partial charge in [-0.05, 0) is 55.8 Å². The fourth-order valence-electron chi connectivity index (χ4n) is 2.71. The van der Waals surface area contributed by atoms with Crippen LogP contribution in [0.5, 0.6) is 0 Å². The Bertz CT molecular complexity index is 361. The third kappa shape index (κ3) is 3.30. The molecule has 1 saturated heterocycles. The molecule has 0 aromatic carbocycles. The fourth-order valence-corrected chi connectivity index (χ4v) is 2.71. The van der Waals surface area contributed by atoms with Crippen LogP contribution in [0.2, 0.25) is 0 Å². The van der Waals surface area contributed by atoms with E-state index in [9.17, 15) is 0 Å². The Morgan fingerprint density at radius 2 is 2.22 bits per heavy atom. The van der Waals surface area contributed by atoms with Gasteiger partial charge < -0.3 is 10.1 Å². The summed E-state index contributed by atoms with van der Waals surface area (Å²) < 4.78 is 5.48. The molecule has 1 aliphatic rings. The van der Waals surface area contributed by atoms with Crippen molar-refractivity contribution in [2.75, 3.05) is 19.8 Å². The molecular formula is C15H24N2O. The summed E-state index contributed by atoms with van der Waals surface area (Å²) in [6, 6.07) is 2.62. The second-order valence-corrected chi connectivity index (χ2v) is 5.11. The molecule has 1 aromatic rings. The van der Waals surface area contributed by atoms with Gasteiger partial charge in [-0.1, -0.05) is 6.92 Å². The Morgan fingerprint density at radius 3 is 2.89 bits per heavy atom. The van der Waals surface area contributed by atoms with Gasteiger partial charge in [-0.3, -0.25) is 4.98 Å². The molecule has 1 unspecified atom stereocenters. The Labute approximate surface area is 110 Å². The number of pyridine rings is 1. The standard InChI is InChI=1S/C15H24N2O/c1-3-7-17-15(13-5-9-18-10-6-13)14-4-8-16-11-12(14)2/h4,8,11,13,15,17H,3,5-7,9-10H2,1-2H3. The van der Waals surface area contributed by atoms with Gasteiger partial charge in [0.25, 0.3) is 0 Å². The van der Waals surface area contributed by atoms with Gasteiger partial charge in [-0.15, -0.1) is 0 Å². The number of aromatic nitrogens is 1. The highest BCUT2D eigenvalue weighted by Gasteiger charge is 2.25. The van der Waals surface area contributed by atoms with Gasteiger partial charge in [0, 0.05) is 31.6 Å². The van der Waals surface area contributed by atoms with Crippen molar-refractivity contribution in [2.24, 2.45) is 5.92 Å². The van der Waals surface area contributed by atoms with Crippen LogP contribution >= 0.6 is 0 Å². The van der Waals surface area contributed by atoms with Crippen molar-refractivity contribution in [1.29, 1.82) is 0 Å². The molecule has 100 valence electrons. The smallest absolute Gasteiger partial charge is 0.0469 e. The number of nitrogens with one attached hydrogen (secondary N) is 1. The minimum Gasteiger partial charge on any atom is -0.381 e. The molecule has 2 heterocycles. The van der Waals surface area contributed by atoms with E-state index in [4.69, 9.17) is 4.74 Å². The molecule has 1 atom stereocenters. The normalized spacial score (nSPS) is 18.8. The molecule has 0 radical (unpaired) electrons. The second kappa shape index (κ2) is 6.86. The molecule has 18 heavy (non-hydrogen) atoms. The van der Waals surface area contributed by atoms with Crippen LogP contribution in [0.4, 0.5) is 0 Å². The lowest BCUT2D eigenvalue weighted by atomic mass is 9.86. The summed E-state index contributed by atoms with van der Waals surface area (Å²) in [6.45, 7) is 7.25. The highest BCUT2D eigenvalue weighted by molar-refractivity contribution is 5.26. The van der Waals surface area contributed by atoms with Gasteiger partial charge in [0.15, 0.2) is 0 Å². The molecule has 1 N–H and O–H groups in total. The van der Waals surface area contributed by atoms with Crippen molar-refractivity contribution >= 4 is 0 Å². The first-order valence-electron chi connectivity index (χ1n) is 7.04. The van der Waals surface area contributed by atoms with Crippen LogP contribution in [0.1, 0.15) is 43.4 Å². The third-order valence-corrected chi connectivity index (χ3v) is 3.75. The molecule has 1 aromatic heterocycles. The summed E-state index contributed by atoms with van der Waals surface area (Å²) in [5.74, 6) is 0.686. The number of hydrogen-bond acceptors (Lipinski definition) is 3. The zero-order valence-electron chi connectivity index (χ0n) is 11.5. The van der Waals surface area contributed by atoms with Crippen LogP contribution in [0, 0.1) is 12.8 Å².